The van der Waals surface area contributed by atoms with Crippen molar-refractivity contribution in [3.63, 3.8) is 0 Å². The summed E-state index contributed by atoms with van der Waals surface area (Å²) in [6.07, 6.45) is 0. The van der Waals surface area contributed by atoms with Crippen LogP contribution in [0, 0.1) is 5.82 Å². The van der Waals surface area contributed by atoms with Gasteiger partial charge in [0.2, 0.25) is 10.0 Å². The Morgan fingerprint density at radius 2 is 2.00 bits per heavy atom. The topological polar surface area (TPSA) is 60.2 Å². The van der Waals surface area contributed by atoms with E-state index in [9.17, 15) is 12.8 Å². The fourth-order valence-corrected chi connectivity index (χ4v) is 1.45. The van der Waals surface area contributed by atoms with E-state index in [1.807, 2.05) is 0 Å². The summed E-state index contributed by atoms with van der Waals surface area (Å²) in [6.45, 7) is 0. The van der Waals surface area contributed by atoms with Gasteiger partial charge in [0, 0.05) is 5.02 Å². The van der Waals surface area contributed by atoms with Gasteiger partial charge in [-0.25, -0.2) is 17.9 Å². The maximum Gasteiger partial charge on any atom is 0.240 e. The van der Waals surface area contributed by atoms with E-state index in [0.29, 0.717) is 0 Å². The van der Waals surface area contributed by atoms with E-state index in [4.69, 9.17) is 16.7 Å². The molecule has 0 atom stereocenters. The van der Waals surface area contributed by atoms with Gasteiger partial charge in [-0.1, -0.05) is 11.6 Å². The first kappa shape index (κ1) is 9.44. The Hall–Kier alpha value is -0.650. The van der Waals surface area contributed by atoms with Crippen LogP contribution in [0.3, 0.4) is 0 Å². The van der Waals surface area contributed by atoms with Crippen LogP contribution in [-0.2, 0) is 10.0 Å². The van der Waals surface area contributed by atoms with E-state index < -0.39 is 20.7 Å². The summed E-state index contributed by atoms with van der Waals surface area (Å²) in [4.78, 5) is -0.549. The first-order valence-corrected chi connectivity index (χ1v) is 4.81. The van der Waals surface area contributed by atoms with Crippen LogP contribution in [0.5, 0.6) is 0 Å². The summed E-state index contributed by atoms with van der Waals surface area (Å²) in [7, 11) is -3.98. The zero-order valence-corrected chi connectivity index (χ0v) is 7.36. The molecule has 0 unspecified atom stereocenters. The highest BCUT2D eigenvalue weighted by molar-refractivity contribution is 7.89. The standard InChI is InChI=1S/C6H5ClFNO2S/c7-4-1-2-6(5(8)3-4)12(9,10)11/h1-3H,(H2,9,10,11). The number of sulfonamides is 1. The number of primary sulfonamides is 1. The summed E-state index contributed by atoms with van der Waals surface area (Å²) >= 11 is 5.39. The molecule has 0 aliphatic heterocycles. The maximum atomic E-state index is 12.8. The Balaban J connectivity index is 3.39. The molecule has 1 rings (SSSR count). The van der Waals surface area contributed by atoms with E-state index in [1.165, 1.54) is 6.07 Å². The lowest BCUT2D eigenvalue weighted by Gasteiger charge is -1.99. The molecule has 12 heavy (non-hydrogen) atoms. The molecular weight excluding hydrogens is 205 g/mol. The molecule has 0 aliphatic carbocycles. The van der Waals surface area contributed by atoms with Crippen molar-refractivity contribution in [2.45, 2.75) is 4.90 Å². The Morgan fingerprint density at radius 3 is 2.42 bits per heavy atom. The average molecular weight is 210 g/mol. The average Bonchev–Trinajstić information content (AvgIpc) is 1.83. The molecule has 0 fully saturated rings. The number of benzene rings is 1. The van der Waals surface area contributed by atoms with Gasteiger partial charge < -0.3 is 0 Å². The fraction of sp³-hybridized carbons (Fsp3) is 0. The summed E-state index contributed by atoms with van der Waals surface area (Å²) < 4.78 is 34.1. The molecule has 0 heterocycles. The van der Waals surface area contributed by atoms with Crippen LogP contribution in [0.4, 0.5) is 4.39 Å². The Labute approximate surface area is 74.0 Å². The molecule has 1 aromatic carbocycles. The van der Waals surface area contributed by atoms with Crippen molar-refractivity contribution in [2.24, 2.45) is 5.14 Å². The largest absolute Gasteiger partial charge is 0.240 e. The Bertz CT molecular complexity index is 404. The van der Waals surface area contributed by atoms with Crippen LogP contribution >= 0.6 is 11.6 Å². The minimum Gasteiger partial charge on any atom is -0.225 e. The molecule has 2 N–H and O–H groups in total. The van der Waals surface area contributed by atoms with Gasteiger partial charge in [0.05, 0.1) is 0 Å². The lowest BCUT2D eigenvalue weighted by Crippen LogP contribution is -2.13. The molecule has 0 aliphatic rings. The molecule has 1 aromatic rings. The summed E-state index contributed by atoms with van der Waals surface area (Å²) in [5.41, 5.74) is 0. The van der Waals surface area contributed by atoms with Crippen LogP contribution < -0.4 is 5.14 Å². The molecular formula is C6H5ClFNO2S. The minimum absolute atomic E-state index is 0.125. The van der Waals surface area contributed by atoms with Gasteiger partial charge in [-0.15, -0.1) is 0 Å². The zero-order chi connectivity index (χ0) is 9.35. The molecule has 0 amide bonds. The quantitative estimate of drug-likeness (QED) is 0.754. The lowest BCUT2D eigenvalue weighted by atomic mass is 10.3. The van der Waals surface area contributed by atoms with Gasteiger partial charge in [0.15, 0.2) is 0 Å². The summed E-state index contributed by atoms with van der Waals surface area (Å²) in [5, 5.41) is 4.82. The van der Waals surface area contributed by atoms with E-state index >= 15 is 0 Å². The predicted molar refractivity (Wildman–Crippen MR) is 42.8 cm³/mol. The van der Waals surface area contributed by atoms with Gasteiger partial charge >= 0.3 is 0 Å². The van der Waals surface area contributed by atoms with E-state index in [-0.39, 0.29) is 5.02 Å². The summed E-state index contributed by atoms with van der Waals surface area (Å²) in [5.74, 6) is -0.940. The monoisotopic (exact) mass is 209 g/mol. The molecule has 0 saturated heterocycles. The number of hydrogen-bond acceptors (Lipinski definition) is 2. The smallest absolute Gasteiger partial charge is 0.225 e. The van der Waals surface area contributed by atoms with E-state index in [1.54, 1.807) is 0 Å². The third-order valence-corrected chi connectivity index (χ3v) is 2.38. The van der Waals surface area contributed by atoms with Crippen molar-refractivity contribution in [3.8, 4) is 0 Å². The van der Waals surface area contributed by atoms with Crippen molar-refractivity contribution in [2.75, 3.05) is 0 Å². The second kappa shape index (κ2) is 3.01. The fourth-order valence-electron chi connectivity index (χ4n) is 0.706. The van der Waals surface area contributed by atoms with Gasteiger partial charge in [-0.05, 0) is 18.2 Å². The number of halogens is 2. The number of rotatable bonds is 1. The van der Waals surface area contributed by atoms with Crippen molar-refractivity contribution in [3.05, 3.63) is 29.0 Å². The summed E-state index contributed by atoms with van der Waals surface area (Å²) in [6, 6.07) is 3.17. The SMILES string of the molecule is NS(=O)(=O)c1ccc(Cl)cc1F. The first-order chi connectivity index (χ1) is 5.41. The van der Waals surface area contributed by atoms with Crippen molar-refractivity contribution < 1.29 is 12.8 Å². The van der Waals surface area contributed by atoms with Crippen molar-refractivity contribution in [1.29, 1.82) is 0 Å². The molecule has 3 nitrogen and oxygen atoms in total. The van der Waals surface area contributed by atoms with E-state index in [0.717, 1.165) is 12.1 Å². The molecule has 66 valence electrons. The second-order valence-corrected chi connectivity index (χ2v) is 4.09. The second-order valence-electron chi connectivity index (χ2n) is 2.12. The van der Waals surface area contributed by atoms with Crippen LogP contribution in [0.2, 0.25) is 5.02 Å². The van der Waals surface area contributed by atoms with Gasteiger partial charge in [-0.2, -0.15) is 0 Å². The van der Waals surface area contributed by atoms with Gasteiger partial charge in [0.25, 0.3) is 0 Å². The molecule has 0 radical (unpaired) electrons. The highest BCUT2D eigenvalue weighted by atomic mass is 35.5. The third kappa shape index (κ3) is 1.94. The normalized spacial score (nSPS) is 11.6. The minimum atomic E-state index is -3.98. The molecule has 0 saturated carbocycles. The molecule has 0 bridgehead atoms. The number of hydrogen-bond donors (Lipinski definition) is 1. The maximum absolute atomic E-state index is 12.8. The highest BCUT2D eigenvalue weighted by Gasteiger charge is 2.13. The number of nitrogens with two attached hydrogens (primary N) is 1. The Kier molecular flexibility index (Phi) is 2.36. The Morgan fingerprint density at radius 1 is 1.42 bits per heavy atom. The molecule has 0 aromatic heterocycles. The third-order valence-electron chi connectivity index (χ3n) is 1.20. The van der Waals surface area contributed by atoms with Crippen LogP contribution in [0.25, 0.3) is 0 Å². The van der Waals surface area contributed by atoms with Crippen molar-refractivity contribution in [1.82, 2.24) is 0 Å². The highest BCUT2D eigenvalue weighted by Crippen LogP contribution is 2.17. The zero-order valence-electron chi connectivity index (χ0n) is 5.79. The van der Waals surface area contributed by atoms with Crippen molar-refractivity contribution >= 4 is 21.6 Å². The van der Waals surface area contributed by atoms with Crippen LogP contribution in [0.1, 0.15) is 0 Å². The van der Waals surface area contributed by atoms with Gasteiger partial charge in [-0.3, -0.25) is 0 Å². The first-order valence-electron chi connectivity index (χ1n) is 2.89. The predicted octanol–water partition coefficient (Wildman–Crippen LogP) is 1.13. The van der Waals surface area contributed by atoms with E-state index in [2.05, 4.69) is 0 Å². The molecule has 6 heteroatoms. The molecule has 0 spiro atoms. The van der Waals surface area contributed by atoms with Crippen LogP contribution in [-0.4, -0.2) is 8.42 Å². The lowest BCUT2D eigenvalue weighted by molar-refractivity contribution is 0.568. The van der Waals surface area contributed by atoms with Gasteiger partial charge in [0.1, 0.15) is 10.7 Å². The van der Waals surface area contributed by atoms with Crippen LogP contribution in [0.15, 0.2) is 23.1 Å².